The second kappa shape index (κ2) is 7.63. The van der Waals surface area contributed by atoms with Gasteiger partial charge in [0.05, 0.1) is 16.5 Å². The summed E-state index contributed by atoms with van der Waals surface area (Å²) in [6.07, 6.45) is 1.58. The Bertz CT molecular complexity index is 933. The Morgan fingerprint density at radius 1 is 1.27 bits per heavy atom. The molecule has 0 unspecified atom stereocenters. The first-order valence-electron chi connectivity index (χ1n) is 7.43. The van der Waals surface area contributed by atoms with Crippen LogP contribution in [0.25, 0.3) is 6.08 Å². The maximum atomic E-state index is 13.3. The van der Waals surface area contributed by atoms with Crippen LogP contribution in [-0.4, -0.2) is 26.7 Å². The highest BCUT2D eigenvalue weighted by Gasteiger charge is 2.31. The standard InChI is InChI=1S/C17H12FN3O3S2/c18-12-4-1-3-11(7-12)8-15-16(22)20(17(25)26-15)10-19-13-5-2-6-14(9-13)21(23)24/h1-9,19H,10H2/b15-8+. The molecule has 6 nitrogen and oxygen atoms in total. The highest BCUT2D eigenvalue weighted by atomic mass is 32.2. The molecule has 1 N–H and O–H groups in total. The number of rotatable bonds is 5. The fourth-order valence-electron chi connectivity index (χ4n) is 2.28. The normalized spacial score (nSPS) is 15.6. The fraction of sp³-hybridized carbons (Fsp3) is 0.0588. The first kappa shape index (κ1) is 18.0. The Hall–Kier alpha value is -2.78. The van der Waals surface area contributed by atoms with Gasteiger partial charge in [-0.3, -0.25) is 19.8 Å². The predicted molar refractivity (Wildman–Crippen MR) is 103 cm³/mol. The SMILES string of the molecule is O=C1/C(=C\c2cccc(F)c2)SC(=S)N1CNc1cccc([N+](=O)[O-])c1. The van der Waals surface area contributed by atoms with E-state index in [0.29, 0.717) is 20.5 Å². The zero-order valence-corrected chi connectivity index (χ0v) is 14.8. The largest absolute Gasteiger partial charge is 0.367 e. The van der Waals surface area contributed by atoms with Crippen LogP contribution in [0, 0.1) is 15.9 Å². The molecule has 0 aromatic heterocycles. The van der Waals surface area contributed by atoms with Gasteiger partial charge in [-0.1, -0.05) is 42.2 Å². The molecule has 1 saturated heterocycles. The molecule has 2 aromatic rings. The van der Waals surface area contributed by atoms with Crippen LogP contribution in [0.15, 0.2) is 53.4 Å². The van der Waals surface area contributed by atoms with E-state index in [1.807, 2.05) is 0 Å². The summed E-state index contributed by atoms with van der Waals surface area (Å²) in [6.45, 7) is 0.0757. The number of nitro groups is 1. The van der Waals surface area contributed by atoms with Crippen molar-refractivity contribution in [2.45, 2.75) is 0 Å². The van der Waals surface area contributed by atoms with Crippen molar-refractivity contribution in [2.24, 2.45) is 0 Å². The van der Waals surface area contributed by atoms with E-state index in [2.05, 4.69) is 5.32 Å². The molecule has 1 aliphatic heterocycles. The molecule has 0 saturated carbocycles. The molecular weight excluding hydrogens is 377 g/mol. The Balaban J connectivity index is 1.71. The molecule has 1 aliphatic rings. The predicted octanol–water partition coefficient (Wildman–Crippen LogP) is 4.00. The lowest BCUT2D eigenvalue weighted by Gasteiger charge is -2.16. The van der Waals surface area contributed by atoms with Gasteiger partial charge in [-0.25, -0.2) is 4.39 Å². The van der Waals surface area contributed by atoms with E-state index in [1.165, 1.54) is 29.2 Å². The summed E-state index contributed by atoms with van der Waals surface area (Å²) in [5, 5.41) is 13.8. The molecule has 1 amide bonds. The second-order valence-corrected chi connectivity index (χ2v) is 6.98. The van der Waals surface area contributed by atoms with Crippen molar-refractivity contribution in [1.82, 2.24) is 4.90 Å². The van der Waals surface area contributed by atoms with Gasteiger partial charge in [0.2, 0.25) is 0 Å². The van der Waals surface area contributed by atoms with Crippen molar-refractivity contribution in [3.05, 3.63) is 74.9 Å². The van der Waals surface area contributed by atoms with Crippen LogP contribution < -0.4 is 5.32 Å². The highest BCUT2D eigenvalue weighted by molar-refractivity contribution is 8.26. The van der Waals surface area contributed by atoms with E-state index in [1.54, 1.807) is 30.3 Å². The van der Waals surface area contributed by atoms with Gasteiger partial charge >= 0.3 is 0 Å². The molecule has 26 heavy (non-hydrogen) atoms. The third-order valence-corrected chi connectivity index (χ3v) is 4.90. The molecule has 9 heteroatoms. The van der Waals surface area contributed by atoms with E-state index < -0.39 is 4.92 Å². The lowest BCUT2D eigenvalue weighted by Crippen LogP contribution is -2.33. The summed E-state index contributed by atoms with van der Waals surface area (Å²) >= 11 is 6.35. The third kappa shape index (κ3) is 4.06. The van der Waals surface area contributed by atoms with E-state index in [0.717, 1.165) is 11.8 Å². The zero-order valence-electron chi connectivity index (χ0n) is 13.2. The lowest BCUT2D eigenvalue weighted by atomic mass is 10.2. The van der Waals surface area contributed by atoms with E-state index in [9.17, 15) is 19.3 Å². The molecule has 2 aromatic carbocycles. The van der Waals surface area contributed by atoms with Gasteiger partial charge < -0.3 is 5.32 Å². The quantitative estimate of drug-likeness (QED) is 0.360. The number of non-ortho nitro benzene ring substituents is 1. The average molecular weight is 389 g/mol. The number of halogens is 1. The number of carbonyl (C=O) groups excluding carboxylic acids is 1. The maximum absolute atomic E-state index is 13.3. The number of thioether (sulfide) groups is 1. The van der Waals surface area contributed by atoms with Crippen molar-refractivity contribution in [3.8, 4) is 0 Å². The molecule has 0 aliphatic carbocycles. The summed E-state index contributed by atoms with van der Waals surface area (Å²) in [6, 6.07) is 11.9. The molecule has 0 radical (unpaired) electrons. The molecule has 0 atom stereocenters. The second-order valence-electron chi connectivity index (χ2n) is 5.31. The summed E-state index contributed by atoms with van der Waals surface area (Å²) in [5.74, 6) is -0.691. The highest BCUT2D eigenvalue weighted by Crippen LogP contribution is 2.32. The fourth-order valence-corrected chi connectivity index (χ4v) is 3.54. The number of nitrogens with one attached hydrogen (secondary N) is 1. The monoisotopic (exact) mass is 389 g/mol. The van der Waals surface area contributed by atoms with Crippen LogP contribution in [0.4, 0.5) is 15.8 Å². The first-order chi connectivity index (χ1) is 12.4. The number of anilines is 1. The minimum Gasteiger partial charge on any atom is -0.367 e. The number of carbonyl (C=O) groups is 1. The number of nitro benzene ring substituents is 1. The van der Waals surface area contributed by atoms with Crippen LogP contribution in [0.1, 0.15) is 5.56 Å². The Morgan fingerprint density at radius 2 is 2.04 bits per heavy atom. The van der Waals surface area contributed by atoms with E-state index in [-0.39, 0.29) is 24.1 Å². The van der Waals surface area contributed by atoms with E-state index in [4.69, 9.17) is 12.2 Å². The Labute approximate surface area is 157 Å². The van der Waals surface area contributed by atoms with Crippen molar-refractivity contribution in [2.75, 3.05) is 12.0 Å². The van der Waals surface area contributed by atoms with Gasteiger partial charge in [0.15, 0.2) is 0 Å². The maximum Gasteiger partial charge on any atom is 0.271 e. The van der Waals surface area contributed by atoms with Crippen molar-refractivity contribution in [3.63, 3.8) is 0 Å². The van der Waals surface area contributed by atoms with Crippen LogP contribution in [0.5, 0.6) is 0 Å². The Kier molecular flexibility index (Phi) is 5.29. The summed E-state index contributed by atoms with van der Waals surface area (Å²) in [7, 11) is 0. The van der Waals surface area contributed by atoms with Gasteiger partial charge in [-0.2, -0.15) is 0 Å². The minimum absolute atomic E-state index is 0.0496. The van der Waals surface area contributed by atoms with Crippen LogP contribution >= 0.6 is 24.0 Å². The topological polar surface area (TPSA) is 75.5 Å². The molecule has 0 spiro atoms. The Morgan fingerprint density at radius 3 is 2.77 bits per heavy atom. The number of hydrogen-bond acceptors (Lipinski definition) is 6. The lowest BCUT2D eigenvalue weighted by molar-refractivity contribution is -0.384. The van der Waals surface area contributed by atoms with Gasteiger partial charge in [0, 0.05) is 17.8 Å². The summed E-state index contributed by atoms with van der Waals surface area (Å²) in [5.41, 5.74) is 1.02. The first-order valence-corrected chi connectivity index (χ1v) is 8.66. The molecule has 132 valence electrons. The number of amides is 1. The van der Waals surface area contributed by atoms with Crippen molar-refractivity contribution in [1.29, 1.82) is 0 Å². The van der Waals surface area contributed by atoms with Gasteiger partial charge in [-0.05, 0) is 29.8 Å². The zero-order chi connectivity index (χ0) is 18.7. The number of hydrogen-bond donors (Lipinski definition) is 1. The van der Waals surface area contributed by atoms with Gasteiger partial charge in [-0.15, -0.1) is 0 Å². The molecular formula is C17H12FN3O3S2. The number of nitrogens with zero attached hydrogens (tertiary/aromatic N) is 2. The van der Waals surface area contributed by atoms with Crippen molar-refractivity contribution < 1.29 is 14.1 Å². The van der Waals surface area contributed by atoms with Gasteiger partial charge in [0.1, 0.15) is 10.1 Å². The number of benzene rings is 2. The van der Waals surface area contributed by atoms with E-state index >= 15 is 0 Å². The summed E-state index contributed by atoms with van der Waals surface area (Å²) in [4.78, 5) is 24.6. The molecule has 1 fully saturated rings. The van der Waals surface area contributed by atoms with Crippen LogP contribution in [-0.2, 0) is 4.79 Å². The van der Waals surface area contributed by atoms with Crippen molar-refractivity contribution >= 4 is 51.7 Å². The third-order valence-electron chi connectivity index (χ3n) is 3.52. The smallest absolute Gasteiger partial charge is 0.271 e. The van der Waals surface area contributed by atoms with Gasteiger partial charge in [0.25, 0.3) is 11.6 Å². The molecule has 1 heterocycles. The minimum atomic E-state index is -0.494. The van der Waals surface area contributed by atoms with Crippen LogP contribution in [0.2, 0.25) is 0 Å². The summed E-state index contributed by atoms with van der Waals surface area (Å²) < 4.78 is 13.6. The number of thiocarbonyl (C=S) groups is 1. The van der Waals surface area contributed by atoms with Crippen LogP contribution in [0.3, 0.4) is 0 Å². The molecule has 0 bridgehead atoms. The average Bonchev–Trinajstić information content (AvgIpc) is 2.87. The molecule has 3 rings (SSSR count).